The smallest absolute Gasteiger partial charge is 0.315 e. The number of hydrogen-bond donors (Lipinski definition) is 4. The van der Waals surface area contributed by atoms with Crippen molar-refractivity contribution in [2.24, 2.45) is 5.92 Å². The molecule has 0 radical (unpaired) electrons. The van der Waals surface area contributed by atoms with Crippen molar-refractivity contribution in [3.8, 4) is 10.4 Å². The Morgan fingerprint density at radius 3 is 2.52 bits per heavy atom. The lowest BCUT2D eigenvalue weighted by molar-refractivity contribution is -0.140. The SMILES string of the molecule is CNC(=O)NC(C(=O)N1CC(O)CC1C(=O)NCc1ccc(-c2scnc2C)cc1)C(C)C. The van der Waals surface area contributed by atoms with Gasteiger partial charge in [-0.1, -0.05) is 38.1 Å². The predicted octanol–water partition coefficient (Wildman–Crippen LogP) is 1.65. The summed E-state index contributed by atoms with van der Waals surface area (Å²) < 4.78 is 0. The van der Waals surface area contributed by atoms with Crippen molar-refractivity contribution in [2.75, 3.05) is 13.6 Å². The summed E-state index contributed by atoms with van der Waals surface area (Å²) in [6, 6.07) is 5.82. The van der Waals surface area contributed by atoms with Crippen LogP contribution in [-0.4, -0.2) is 64.6 Å². The number of likely N-dealkylation sites (tertiary alicyclic amines) is 1. The van der Waals surface area contributed by atoms with Crippen molar-refractivity contribution in [3.63, 3.8) is 0 Å². The van der Waals surface area contributed by atoms with Crippen LogP contribution in [0.4, 0.5) is 4.79 Å². The highest BCUT2D eigenvalue weighted by molar-refractivity contribution is 7.13. The zero-order valence-corrected chi connectivity index (χ0v) is 20.1. The number of aliphatic hydroxyl groups is 1. The van der Waals surface area contributed by atoms with Gasteiger partial charge in [0.05, 0.1) is 22.2 Å². The van der Waals surface area contributed by atoms with E-state index in [9.17, 15) is 19.5 Å². The van der Waals surface area contributed by atoms with Crippen LogP contribution in [0.2, 0.25) is 0 Å². The standard InChI is InChI=1S/C23H31N5O4S/c1-13(2)19(27-23(32)24-4)22(31)28-11-17(29)9-18(28)21(30)25-10-15-5-7-16(8-6-15)20-14(3)26-12-33-20/h5-8,12-13,17-19,29H,9-11H2,1-4H3,(H,25,30)(H2,24,27,32). The fourth-order valence-electron chi connectivity index (χ4n) is 3.87. The van der Waals surface area contributed by atoms with Gasteiger partial charge in [-0.05, 0) is 24.0 Å². The van der Waals surface area contributed by atoms with Gasteiger partial charge in [-0.3, -0.25) is 9.59 Å². The molecule has 33 heavy (non-hydrogen) atoms. The number of aromatic nitrogens is 1. The molecular weight excluding hydrogens is 442 g/mol. The average Bonchev–Trinajstić information content (AvgIpc) is 3.40. The Bertz CT molecular complexity index is 991. The van der Waals surface area contributed by atoms with Crippen LogP contribution in [0.5, 0.6) is 0 Å². The monoisotopic (exact) mass is 473 g/mol. The lowest BCUT2D eigenvalue weighted by Gasteiger charge is -2.30. The molecule has 9 nitrogen and oxygen atoms in total. The Kier molecular flexibility index (Phi) is 8.04. The summed E-state index contributed by atoms with van der Waals surface area (Å²) in [5.41, 5.74) is 4.79. The lowest BCUT2D eigenvalue weighted by Crippen LogP contribution is -2.56. The number of urea groups is 1. The third-order valence-electron chi connectivity index (χ3n) is 5.74. The molecule has 10 heteroatoms. The molecule has 4 amide bonds. The predicted molar refractivity (Wildman–Crippen MR) is 126 cm³/mol. The van der Waals surface area contributed by atoms with E-state index in [0.29, 0.717) is 6.54 Å². The van der Waals surface area contributed by atoms with Gasteiger partial charge in [0, 0.05) is 26.6 Å². The molecule has 178 valence electrons. The fourth-order valence-corrected chi connectivity index (χ4v) is 4.68. The number of rotatable bonds is 7. The molecule has 4 N–H and O–H groups in total. The minimum atomic E-state index is -0.798. The van der Waals surface area contributed by atoms with Gasteiger partial charge >= 0.3 is 6.03 Å². The number of amides is 4. The molecule has 0 bridgehead atoms. The van der Waals surface area contributed by atoms with Gasteiger partial charge in [0.2, 0.25) is 11.8 Å². The maximum absolute atomic E-state index is 13.1. The van der Waals surface area contributed by atoms with Crippen LogP contribution in [0.15, 0.2) is 29.8 Å². The van der Waals surface area contributed by atoms with E-state index in [1.165, 1.54) is 11.9 Å². The molecule has 1 aliphatic heterocycles. The zero-order chi connectivity index (χ0) is 24.1. The van der Waals surface area contributed by atoms with Crippen LogP contribution in [0.3, 0.4) is 0 Å². The first kappa shape index (κ1) is 24.7. The summed E-state index contributed by atoms with van der Waals surface area (Å²) in [6.07, 6.45) is -0.633. The maximum atomic E-state index is 13.1. The number of aryl methyl sites for hydroxylation is 1. The van der Waals surface area contributed by atoms with Crippen molar-refractivity contribution in [2.45, 2.75) is 51.9 Å². The number of carbonyl (C=O) groups excluding carboxylic acids is 3. The minimum absolute atomic E-state index is 0.0540. The summed E-state index contributed by atoms with van der Waals surface area (Å²) in [6.45, 7) is 5.96. The Hall–Kier alpha value is -2.98. The highest BCUT2D eigenvalue weighted by atomic mass is 32.1. The molecule has 2 heterocycles. The summed E-state index contributed by atoms with van der Waals surface area (Å²) in [4.78, 5) is 44.6. The number of benzene rings is 1. The molecule has 3 atom stereocenters. The van der Waals surface area contributed by atoms with E-state index in [1.807, 2.05) is 50.5 Å². The molecule has 0 saturated carbocycles. The second-order valence-corrected chi connectivity index (χ2v) is 9.38. The first-order chi connectivity index (χ1) is 15.7. The van der Waals surface area contributed by atoms with E-state index in [0.717, 1.165) is 21.7 Å². The summed E-state index contributed by atoms with van der Waals surface area (Å²) in [7, 11) is 1.47. The Morgan fingerprint density at radius 1 is 1.24 bits per heavy atom. The number of nitrogens with zero attached hydrogens (tertiary/aromatic N) is 2. The third kappa shape index (κ3) is 5.88. The lowest BCUT2D eigenvalue weighted by atomic mass is 10.0. The number of hydrogen-bond acceptors (Lipinski definition) is 6. The first-order valence-electron chi connectivity index (χ1n) is 10.9. The summed E-state index contributed by atoms with van der Waals surface area (Å²) in [5.74, 6) is -0.892. The Balaban J connectivity index is 1.64. The highest BCUT2D eigenvalue weighted by Crippen LogP contribution is 2.27. The van der Waals surface area contributed by atoms with Gasteiger partial charge < -0.3 is 26.0 Å². The average molecular weight is 474 g/mol. The quantitative estimate of drug-likeness (QED) is 0.487. The van der Waals surface area contributed by atoms with Crippen LogP contribution in [0.1, 0.15) is 31.5 Å². The van der Waals surface area contributed by atoms with Crippen molar-refractivity contribution >= 4 is 29.2 Å². The topological polar surface area (TPSA) is 124 Å². The molecule has 3 rings (SSSR count). The van der Waals surface area contributed by atoms with E-state index < -0.39 is 24.2 Å². The molecule has 1 saturated heterocycles. The van der Waals surface area contributed by atoms with E-state index in [4.69, 9.17) is 0 Å². The van der Waals surface area contributed by atoms with Crippen LogP contribution in [-0.2, 0) is 16.1 Å². The molecule has 1 aliphatic rings. The fraction of sp³-hybridized carbons (Fsp3) is 0.478. The van der Waals surface area contributed by atoms with Crippen LogP contribution < -0.4 is 16.0 Å². The third-order valence-corrected chi connectivity index (χ3v) is 6.72. The van der Waals surface area contributed by atoms with Gasteiger partial charge in [0.15, 0.2) is 0 Å². The summed E-state index contributed by atoms with van der Waals surface area (Å²) in [5, 5.41) is 18.1. The number of β-amino-alcohol motifs (C(OH)–C–C–N with tert-alkyl or cyclic N) is 1. The number of carbonyl (C=O) groups is 3. The second-order valence-electron chi connectivity index (χ2n) is 8.52. The van der Waals surface area contributed by atoms with Gasteiger partial charge in [0.1, 0.15) is 12.1 Å². The zero-order valence-electron chi connectivity index (χ0n) is 19.3. The highest BCUT2D eigenvalue weighted by Gasteiger charge is 2.42. The number of aliphatic hydroxyl groups excluding tert-OH is 1. The van der Waals surface area contributed by atoms with E-state index in [2.05, 4.69) is 20.9 Å². The Labute approximate surface area is 197 Å². The van der Waals surface area contributed by atoms with E-state index in [1.54, 1.807) is 11.3 Å². The normalized spacial score (nSPS) is 18.8. The molecule has 1 fully saturated rings. The first-order valence-corrected chi connectivity index (χ1v) is 11.8. The van der Waals surface area contributed by atoms with Gasteiger partial charge in [0.25, 0.3) is 0 Å². The molecule has 3 unspecified atom stereocenters. The van der Waals surface area contributed by atoms with E-state index in [-0.39, 0.29) is 30.7 Å². The molecular formula is C23H31N5O4S. The van der Waals surface area contributed by atoms with E-state index >= 15 is 0 Å². The van der Waals surface area contributed by atoms with Crippen LogP contribution >= 0.6 is 11.3 Å². The molecule has 0 spiro atoms. The Morgan fingerprint density at radius 2 is 1.94 bits per heavy atom. The molecule has 0 aliphatic carbocycles. The second kappa shape index (κ2) is 10.8. The van der Waals surface area contributed by atoms with Gasteiger partial charge in [-0.25, -0.2) is 9.78 Å². The maximum Gasteiger partial charge on any atom is 0.315 e. The van der Waals surface area contributed by atoms with Crippen molar-refractivity contribution in [1.82, 2.24) is 25.8 Å². The van der Waals surface area contributed by atoms with Gasteiger partial charge in [-0.15, -0.1) is 11.3 Å². The molecule has 2 aromatic rings. The van der Waals surface area contributed by atoms with Crippen LogP contribution in [0.25, 0.3) is 10.4 Å². The number of nitrogens with one attached hydrogen (secondary N) is 3. The van der Waals surface area contributed by atoms with Crippen molar-refractivity contribution in [3.05, 3.63) is 41.0 Å². The van der Waals surface area contributed by atoms with Crippen molar-refractivity contribution in [1.29, 1.82) is 0 Å². The molecule has 1 aromatic heterocycles. The summed E-state index contributed by atoms with van der Waals surface area (Å²) >= 11 is 1.58. The van der Waals surface area contributed by atoms with Gasteiger partial charge in [-0.2, -0.15) is 0 Å². The van der Waals surface area contributed by atoms with Crippen LogP contribution in [0, 0.1) is 12.8 Å². The molecule has 1 aromatic carbocycles. The van der Waals surface area contributed by atoms with Crippen molar-refractivity contribution < 1.29 is 19.5 Å². The minimum Gasteiger partial charge on any atom is -0.391 e. The largest absolute Gasteiger partial charge is 0.391 e. The number of thiazole rings is 1.